The van der Waals surface area contributed by atoms with Gasteiger partial charge in [-0.05, 0) is 59.3 Å². The quantitative estimate of drug-likeness (QED) is 0.391. The van der Waals surface area contributed by atoms with Gasteiger partial charge in [0.15, 0.2) is 17.3 Å². The minimum absolute atomic E-state index is 0.0291. The average Bonchev–Trinajstić information content (AvgIpc) is 3.32. The van der Waals surface area contributed by atoms with E-state index in [2.05, 4.69) is 33.1 Å². The summed E-state index contributed by atoms with van der Waals surface area (Å²) in [6.07, 6.45) is 4.35. The minimum atomic E-state index is -0.168. The largest absolute Gasteiger partial charge is 0.493 e. The van der Waals surface area contributed by atoms with E-state index >= 15 is 0 Å². The normalized spacial score (nSPS) is 20.8. The van der Waals surface area contributed by atoms with Crippen LogP contribution in [0.15, 0.2) is 46.9 Å². The fraction of sp³-hybridized carbons (Fsp3) is 0.481. The van der Waals surface area contributed by atoms with Crippen LogP contribution >= 0.6 is 15.9 Å². The van der Waals surface area contributed by atoms with Crippen LogP contribution in [0.4, 0.5) is 0 Å². The highest BCUT2D eigenvalue weighted by Gasteiger charge is 2.39. The van der Waals surface area contributed by atoms with Gasteiger partial charge in [0.25, 0.3) is 0 Å². The number of amides is 1. The number of rotatable bonds is 10. The zero-order chi connectivity index (χ0) is 24.8. The highest BCUT2D eigenvalue weighted by Crippen LogP contribution is 2.35. The zero-order valence-corrected chi connectivity index (χ0v) is 22.0. The van der Waals surface area contributed by atoms with Crippen molar-refractivity contribution < 1.29 is 23.8 Å². The van der Waals surface area contributed by atoms with Crippen molar-refractivity contribution >= 4 is 27.6 Å². The lowest BCUT2D eigenvalue weighted by Crippen LogP contribution is -2.57. The van der Waals surface area contributed by atoms with Crippen molar-refractivity contribution in [2.75, 3.05) is 27.4 Å². The summed E-state index contributed by atoms with van der Waals surface area (Å²) < 4.78 is 17.4. The molecule has 2 aliphatic heterocycles. The fourth-order valence-electron chi connectivity index (χ4n) is 5.02. The zero-order valence-electron chi connectivity index (χ0n) is 20.4. The Bertz CT molecular complexity index is 1030. The first-order valence-electron chi connectivity index (χ1n) is 12.2. The number of carbonyl (C=O) groups is 2. The fourth-order valence-corrected chi connectivity index (χ4v) is 5.57. The molecule has 0 unspecified atom stereocenters. The van der Waals surface area contributed by atoms with Crippen LogP contribution in [0.3, 0.4) is 0 Å². The molecule has 1 amide bonds. The number of carbonyl (C=O) groups excluding carboxylic acids is 2. The number of Topliss-reactive ketones (excluding diaryl/α,β-unsaturated/α-hetero) is 1. The highest BCUT2D eigenvalue weighted by molar-refractivity contribution is 9.10. The maximum absolute atomic E-state index is 13.4. The number of ether oxygens (including phenoxy) is 3. The van der Waals surface area contributed by atoms with Crippen molar-refractivity contribution in [1.82, 2.24) is 10.0 Å². The second kappa shape index (κ2) is 12.0. The molecule has 2 saturated heterocycles. The molecule has 2 aliphatic rings. The van der Waals surface area contributed by atoms with Crippen LogP contribution in [-0.4, -0.2) is 61.2 Å². The number of nitrogens with zero attached hydrogens (tertiary/aromatic N) is 2. The molecule has 188 valence electrons. The molecule has 2 fully saturated rings. The Labute approximate surface area is 215 Å². The predicted octanol–water partition coefficient (Wildman–Crippen LogP) is 5.02. The van der Waals surface area contributed by atoms with Gasteiger partial charge in [-0.2, -0.15) is 0 Å². The molecule has 2 atom stereocenters. The summed E-state index contributed by atoms with van der Waals surface area (Å²) in [5.74, 6) is 1.13. The Morgan fingerprint density at radius 3 is 2.49 bits per heavy atom. The predicted molar refractivity (Wildman–Crippen MR) is 137 cm³/mol. The lowest BCUT2D eigenvalue weighted by atomic mass is 9.95. The van der Waals surface area contributed by atoms with Crippen molar-refractivity contribution in [3.05, 3.63) is 58.1 Å². The van der Waals surface area contributed by atoms with Gasteiger partial charge in [0.2, 0.25) is 5.91 Å². The molecule has 0 bridgehead atoms. The Hall–Kier alpha value is -2.42. The molecule has 7 nitrogen and oxygen atoms in total. The molecular weight excluding hydrogens is 512 g/mol. The number of hydrogen-bond donors (Lipinski definition) is 0. The van der Waals surface area contributed by atoms with E-state index < -0.39 is 0 Å². The Morgan fingerprint density at radius 1 is 1.03 bits per heavy atom. The first kappa shape index (κ1) is 25.7. The molecule has 0 saturated carbocycles. The second-order valence-electron chi connectivity index (χ2n) is 9.06. The summed E-state index contributed by atoms with van der Waals surface area (Å²) in [5.41, 5.74) is 1.67. The van der Waals surface area contributed by atoms with Crippen molar-refractivity contribution in [3.8, 4) is 11.5 Å². The third-order valence-corrected chi connectivity index (χ3v) is 7.42. The van der Waals surface area contributed by atoms with E-state index in [1.54, 1.807) is 26.4 Å². The van der Waals surface area contributed by atoms with Gasteiger partial charge in [0.1, 0.15) is 0 Å². The molecule has 0 N–H and O–H groups in total. The maximum atomic E-state index is 13.4. The first-order valence-corrected chi connectivity index (χ1v) is 13.0. The summed E-state index contributed by atoms with van der Waals surface area (Å²) in [7, 11) is 3.11. The van der Waals surface area contributed by atoms with Gasteiger partial charge in [-0.25, -0.2) is 5.01 Å². The topological polar surface area (TPSA) is 68.3 Å². The molecule has 35 heavy (non-hydrogen) atoms. The summed E-state index contributed by atoms with van der Waals surface area (Å²) in [6.45, 7) is 1.91. The minimum Gasteiger partial charge on any atom is -0.493 e. The third-order valence-electron chi connectivity index (χ3n) is 6.77. The van der Waals surface area contributed by atoms with Crippen LogP contribution in [-0.2, 0) is 16.1 Å². The van der Waals surface area contributed by atoms with E-state index in [4.69, 9.17) is 14.2 Å². The summed E-state index contributed by atoms with van der Waals surface area (Å²) >= 11 is 3.50. The van der Waals surface area contributed by atoms with E-state index in [0.717, 1.165) is 37.8 Å². The van der Waals surface area contributed by atoms with Gasteiger partial charge < -0.3 is 14.2 Å². The standard InChI is InChI=1S/C27H33BrN2O5/c1-33-25-15-22(23(28)16-26(25)34-2)24(31)14-20-10-6-12-27(32)30(20)29-13-7-11-21(29)18-35-17-19-8-4-3-5-9-19/h3-5,8-9,15-16,20-21H,6-7,10-14,17-18H2,1-2H3/t20-,21+/m1/s1. The summed E-state index contributed by atoms with van der Waals surface area (Å²) in [4.78, 5) is 26.5. The molecule has 2 heterocycles. The summed E-state index contributed by atoms with van der Waals surface area (Å²) in [6, 6.07) is 13.5. The van der Waals surface area contributed by atoms with Gasteiger partial charge in [0, 0.05) is 29.4 Å². The van der Waals surface area contributed by atoms with Crippen LogP contribution in [0.2, 0.25) is 0 Å². The van der Waals surface area contributed by atoms with Gasteiger partial charge >= 0.3 is 0 Å². The molecule has 2 aromatic carbocycles. The van der Waals surface area contributed by atoms with Crippen molar-refractivity contribution in [1.29, 1.82) is 0 Å². The molecule has 0 aliphatic carbocycles. The van der Waals surface area contributed by atoms with Crippen LogP contribution in [0.25, 0.3) is 0 Å². The number of piperidine rings is 1. The van der Waals surface area contributed by atoms with Crippen molar-refractivity contribution in [3.63, 3.8) is 0 Å². The highest BCUT2D eigenvalue weighted by atomic mass is 79.9. The SMILES string of the molecule is COc1cc(Br)c(C(=O)C[C@H]2CCCC(=O)N2N2CCC[C@H]2COCc2ccccc2)cc1OC. The van der Waals surface area contributed by atoms with Crippen LogP contribution in [0.5, 0.6) is 11.5 Å². The van der Waals surface area contributed by atoms with Gasteiger partial charge in [-0.3, -0.25) is 14.6 Å². The van der Waals surface area contributed by atoms with E-state index in [-0.39, 0.29) is 30.2 Å². The van der Waals surface area contributed by atoms with Gasteiger partial charge in [0.05, 0.1) is 39.5 Å². The van der Waals surface area contributed by atoms with Gasteiger partial charge in [-0.1, -0.05) is 30.3 Å². The molecule has 0 spiro atoms. The number of hydrogen-bond acceptors (Lipinski definition) is 6. The van der Waals surface area contributed by atoms with Crippen LogP contribution in [0, 0.1) is 0 Å². The average molecular weight is 545 g/mol. The third kappa shape index (κ3) is 6.05. The Morgan fingerprint density at radius 2 is 1.74 bits per heavy atom. The Balaban J connectivity index is 1.45. The van der Waals surface area contributed by atoms with Gasteiger partial charge in [-0.15, -0.1) is 0 Å². The lowest BCUT2D eigenvalue weighted by molar-refractivity contribution is -0.165. The van der Waals surface area contributed by atoms with E-state index in [1.165, 1.54) is 0 Å². The smallest absolute Gasteiger partial charge is 0.237 e. The molecule has 0 radical (unpaired) electrons. The molecule has 8 heteroatoms. The molecule has 0 aromatic heterocycles. The monoisotopic (exact) mass is 544 g/mol. The number of benzene rings is 2. The van der Waals surface area contributed by atoms with E-state index in [1.807, 2.05) is 23.2 Å². The Kier molecular flexibility index (Phi) is 8.81. The van der Waals surface area contributed by atoms with E-state index in [9.17, 15) is 9.59 Å². The van der Waals surface area contributed by atoms with Crippen molar-refractivity contribution in [2.45, 2.75) is 57.2 Å². The van der Waals surface area contributed by atoms with Crippen LogP contribution in [0.1, 0.15) is 54.4 Å². The number of methoxy groups -OCH3 is 2. The first-order chi connectivity index (χ1) is 17.0. The second-order valence-corrected chi connectivity index (χ2v) is 9.91. The molecule has 4 rings (SSSR count). The van der Waals surface area contributed by atoms with Crippen LogP contribution < -0.4 is 9.47 Å². The molecular formula is C27H33BrN2O5. The molecule has 2 aromatic rings. The van der Waals surface area contributed by atoms with E-state index in [0.29, 0.717) is 41.2 Å². The number of hydrazine groups is 1. The summed E-state index contributed by atoms with van der Waals surface area (Å²) in [5, 5.41) is 4.04. The van der Waals surface area contributed by atoms with Crippen molar-refractivity contribution in [2.24, 2.45) is 0 Å². The lowest BCUT2D eigenvalue weighted by Gasteiger charge is -2.43. The number of ketones is 1. The number of halogens is 1. The maximum Gasteiger partial charge on any atom is 0.237 e.